The molecule has 1 fully saturated rings. The van der Waals surface area contributed by atoms with E-state index >= 15 is 0 Å². The molecule has 0 bridgehead atoms. The van der Waals surface area contributed by atoms with Gasteiger partial charge in [-0.25, -0.2) is 4.98 Å². The largest absolute Gasteiger partial charge is 0.398 e. The van der Waals surface area contributed by atoms with Crippen LogP contribution in [0.25, 0.3) is 0 Å². The fourth-order valence-electron chi connectivity index (χ4n) is 2.06. The third-order valence-corrected chi connectivity index (χ3v) is 4.23. The van der Waals surface area contributed by atoms with Crippen LogP contribution < -0.4 is 10.6 Å². The van der Waals surface area contributed by atoms with E-state index in [2.05, 4.69) is 27.2 Å². The van der Waals surface area contributed by atoms with Gasteiger partial charge in [-0.3, -0.25) is 0 Å². The molecule has 0 radical (unpaired) electrons. The number of benzene rings is 1. The van der Waals surface area contributed by atoms with Crippen LogP contribution in [0.5, 0.6) is 0 Å². The van der Waals surface area contributed by atoms with Gasteiger partial charge in [-0.2, -0.15) is 4.37 Å². The van der Waals surface area contributed by atoms with Gasteiger partial charge in [0.1, 0.15) is 5.82 Å². The fraction of sp³-hybridized carbons (Fsp3) is 0.429. The van der Waals surface area contributed by atoms with Crippen LogP contribution in [0.1, 0.15) is 37.1 Å². The molecule has 1 aliphatic carbocycles. The Morgan fingerprint density at radius 3 is 2.84 bits per heavy atom. The second kappa shape index (κ2) is 5.17. The monoisotopic (exact) mass is 274 g/mol. The van der Waals surface area contributed by atoms with Gasteiger partial charge in [0.2, 0.25) is 5.13 Å². The molecule has 1 heterocycles. The molecule has 100 valence electrons. The van der Waals surface area contributed by atoms with Crippen molar-refractivity contribution < 1.29 is 0 Å². The number of hydrogen-bond donors (Lipinski definition) is 1. The zero-order valence-electron chi connectivity index (χ0n) is 11.0. The molecular formula is C14H18N4S. The molecule has 0 atom stereocenters. The first-order chi connectivity index (χ1) is 9.28. The van der Waals surface area contributed by atoms with Crippen molar-refractivity contribution in [2.24, 2.45) is 0 Å². The maximum Gasteiger partial charge on any atom is 0.205 e. The van der Waals surface area contributed by atoms with E-state index < -0.39 is 0 Å². The lowest BCUT2D eigenvalue weighted by Crippen LogP contribution is -2.22. The summed E-state index contributed by atoms with van der Waals surface area (Å²) in [5, 5.41) is 1.01. The highest BCUT2D eigenvalue weighted by molar-refractivity contribution is 7.09. The average molecular weight is 274 g/mol. The summed E-state index contributed by atoms with van der Waals surface area (Å²) in [7, 11) is 0. The number of aromatic nitrogens is 2. The first-order valence-electron chi connectivity index (χ1n) is 6.70. The topological polar surface area (TPSA) is 55.0 Å². The number of nitrogens with two attached hydrogens (primary N) is 1. The van der Waals surface area contributed by atoms with E-state index in [0.29, 0.717) is 5.92 Å². The predicted octanol–water partition coefficient (Wildman–Crippen LogP) is 3.02. The molecule has 5 heteroatoms. The highest BCUT2D eigenvalue weighted by atomic mass is 32.1. The maximum absolute atomic E-state index is 6.01. The Balaban J connectivity index is 1.77. The first kappa shape index (κ1) is 12.4. The molecule has 0 saturated heterocycles. The van der Waals surface area contributed by atoms with Crippen molar-refractivity contribution in [3.05, 3.63) is 35.7 Å². The Kier molecular flexibility index (Phi) is 3.38. The summed E-state index contributed by atoms with van der Waals surface area (Å²) in [4.78, 5) is 6.89. The summed E-state index contributed by atoms with van der Waals surface area (Å²) < 4.78 is 4.47. The van der Waals surface area contributed by atoms with E-state index in [9.17, 15) is 0 Å². The van der Waals surface area contributed by atoms with Crippen LogP contribution in [0.2, 0.25) is 0 Å². The highest BCUT2D eigenvalue weighted by Gasteiger charge is 2.28. The van der Waals surface area contributed by atoms with Crippen molar-refractivity contribution in [3.8, 4) is 0 Å². The van der Waals surface area contributed by atoms with Gasteiger partial charge >= 0.3 is 0 Å². The third-order valence-electron chi connectivity index (χ3n) is 3.44. The van der Waals surface area contributed by atoms with E-state index in [1.165, 1.54) is 24.4 Å². The Bertz CT molecular complexity index is 562. The van der Waals surface area contributed by atoms with Crippen molar-refractivity contribution in [2.75, 3.05) is 17.2 Å². The quantitative estimate of drug-likeness (QED) is 0.851. The zero-order valence-corrected chi connectivity index (χ0v) is 11.9. The standard InChI is InChI=1S/C14H18N4S/c1-2-18(9-11-5-3-4-6-12(11)15)14-16-13(17-19-14)10-7-8-10/h3-6,10H,2,7-9,15H2,1H3. The molecule has 1 aromatic heterocycles. The Morgan fingerprint density at radius 1 is 1.37 bits per heavy atom. The van der Waals surface area contributed by atoms with Crippen molar-refractivity contribution in [2.45, 2.75) is 32.2 Å². The molecule has 3 rings (SSSR count). The van der Waals surface area contributed by atoms with E-state index in [0.717, 1.165) is 35.3 Å². The lowest BCUT2D eigenvalue weighted by molar-refractivity contribution is 0.820. The van der Waals surface area contributed by atoms with Crippen LogP contribution in [-0.2, 0) is 6.54 Å². The Labute approximate surface area is 117 Å². The van der Waals surface area contributed by atoms with Crippen LogP contribution in [-0.4, -0.2) is 15.9 Å². The Morgan fingerprint density at radius 2 is 2.16 bits per heavy atom. The number of nitrogens with zero attached hydrogens (tertiary/aromatic N) is 3. The molecule has 0 unspecified atom stereocenters. The van der Waals surface area contributed by atoms with Crippen molar-refractivity contribution in [3.63, 3.8) is 0 Å². The summed E-state index contributed by atoms with van der Waals surface area (Å²) in [6.45, 7) is 3.84. The highest BCUT2D eigenvalue weighted by Crippen LogP contribution is 2.39. The van der Waals surface area contributed by atoms with E-state index in [1.54, 1.807) is 0 Å². The molecule has 19 heavy (non-hydrogen) atoms. The molecule has 0 spiro atoms. The van der Waals surface area contributed by atoms with Crippen molar-refractivity contribution >= 4 is 22.4 Å². The number of anilines is 2. The van der Waals surface area contributed by atoms with Crippen molar-refractivity contribution in [1.82, 2.24) is 9.36 Å². The second-order valence-electron chi connectivity index (χ2n) is 4.92. The number of para-hydroxylation sites is 1. The van der Waals surface area contributed by atoms with E-state index in [-0.39, 0.29) is 0 Å². The summed E-state index contributed by atoms with van der Waals surface area (Å²) in [6.07, 6.45) is 2.49. The Hall–Kier alpha value is -1.62. The van der Waals surface area contributed by atoms with Gasteiger partial charge in [-0.1, -0.05) is 18.2 Å². The van der Waals surface area contributed by atoms with E-state index in [4.69, 9.17) is 5.73 Å². The number of nitrogen functional groups attached to an aromatic ring is 1. The van der Waals surface area contributed by atoms with Gasteiger partial charge in [0, 0.05) is 36.2 Å². The SMILES string of the molecule is CCN(Cc1ccccc1N)c1nc(C2CC2)ns1. The molecule has 1 aliphatic rings. The minimum atomic E-state index is 0.616. The van der Waals surface area contributed by atoms with Crippen LogP contribution >= 0.6 is 11.5 Å². The minimum absolute atomic E-state index is 0.616. The summed E-state index contributed by atoms with van der Waals surface area (Å²) in [5.41, 5.74) is 7.99. The lowest BCUT2D eigenvalue weighted by atomic mass is 10.2. The van der Waals surface area contributed by atoms with Gasteiger partial charge in [0.05, 0.1) is 0 Å². The number of hydrogen-bond acceptors (Lipinski definition) is 5. The first-order valence-corrected chi connectivity index (χ1v) is 7.47. The smallest absolute Gasteiger partial charge is 0.205 e. The van der Waals surface area contributed by atoms with Gasteiger partial charge in [-0.15, -0.1) is 0 Å². The summed E-state index contributed by atoms with van der Waals surface area (Å²) in [6, 6.07) is 8.00. The van der Waals surface area contributed by atoms with Gasteiger partial charge < -0.3 is 10.6 Å². The van der Waals surface area contributed by atoms with Gasteiger partial charge in [0.15, 0.2) is 0 Å². The zero-order chi connectivity index (χ0) is 13.2. The van der Waals surface area contributed by atoms with E-state index in [1.807, 2.05) is 18.2 Å². The molecule has 0 aliphatic heterocycles. The van der Waals surface area contributed by atoms with Gasteiger partial charge in [0.25, 0.3) is 0 Å². The van der Waals surface area contributed by atoms with Crippen LogP contribution in [0.15, 0.2) is 24.3 Å². The van der Waals surface area contributed by atoms with Crippen molar-refractivity contribution in [1.29, 1.82) is 0 Å². The molecular weight excluding hydrogens is 256 g/mol. The maximum atomic E-state index is 6.01. The van der Waals surface area contributed by atoms with Crippen LogP contribution in [0.4, 0.5) is 10.8 Å². The summed E-state index contributed by atoms with van der Waals surface area (Å²) in [5.74, 6) is 1.64. The molecule has 4 nitrogen and oxygen atoms in total. The molecule has 1 aromatic carbocycles. The molecule has 1 saturated carbocycles. The predicted molar refractivity (Wildman–Crippen MR) is 79.5 cm³/mol. The van der Waals surface area contributed by atoms with Crippen LogP contribution in [0, 0.1) is 0 Å². The minimum Gasteiger partial charge on any atom is -0.398 e. The second-order valence-corrected chi connectivity index (χ2v) is 5.65. The third kappa shape index (κ3) is 2.71. The average Bonchev–Trinajstić information content (AvgIpc) is 3.16. The number of rotatable bonds is 5. The molecule has 0 amide bonds. The fourth-order valence-corrected chi connectivity index (χ4v) is 2.87. The molecule has 2 N–H and O–H groups in total. The van der Waals surface area contributed by atoms with Gasteiger partial charge in [-0.05, 0) is 31.4 Å². The normalized spacial score (nSPS) is 14.6. The van der Waals surface area contributed by atoms with Crippen LogP contribution in [0.3, 0.4) is 0 Å². The molecule has 2 aromatic rings. The lowest BCUT2D eigenvalue weighted by Gasteiger charge is -2.20. The summed E-state index contributed by atoms with van der Waals surface area (Å²) >= 11 is 1.50.